The summed E-state index contributed by atoms with van der Waals surface area (Å²) in [5.41, 5.74) is 0.215. The predicted octanol–water partition coefficient (Wildman–Crippen LogP) is 2.10. The first-order valence-electron chi connectivity index (χ1n) is 6.34. The second kappa shape index (κ2) is 6.43. The third-order valence-electron chi connectivity index (χ3n) is 2.76. The molecule has 8 heteroatoms. The zero-order valence-corrected chi connectivity index (χ0v) is 12.1. The molecule has 0 unspecified atom stereocenters. The average Bonchev–Trinajstić information content (AvgIpc) is 2.94. The number of isocyanates is 1. The molecule has 0 fully saturated rings. The van der Waals surface area contributed by atoms with Crippen LogP contribution in [-0.4, -0.2) is 24.7 Å². The number of rotatable bonds is 6. The van der Waals surface area contributed by atoms with Crippen LogP contribution in [0.25, 0.3) is 11.5 Å². The Labute approximate surface area is 121 Å². The highest BCUT2D eigenvalue weighted by molar-refractivity contribution is 7.90. The lowest BCUT2D eigenvalue weighted by molar-refractivity contribution is 0.495. The summed E-state index contributed by atoms with van der Waals surface area (Å²) in [6, 6.07) is 5.99. The Kier molecular flexibility index (Phi) is 4.62. The quantitative estimate of drug-likeness (QED) is 0.598. The third kappa shape index (κ3) is 3.42. The maximum absolute atomic E-state index is 11.9. The van der Waals surface area contributed by atoms with Crippen molar-refractivity contribution in [2.45, 2.75) is 31.1 Å². The van der Waals surface area contributed by atoms with Crippen molar-refractivity contribution in [3.63, 3.8) is 0 Å². The van der Waals surface area contributed by atoms with Crippen LogP contribution in [0.3, 0.4) is 0 Å². The van der Waals surface area contributed by atoms with E-state index in [0.29, 0.717) is 12.3 Å². The molecule has 1 heterocycles. The van der Waals surface area contributed by atoms with Crippen LogP contribution < -0.4 is 0 Å². The van der Waals surface area contributed by atoms with Crippen molar-refractivity contribution in [3.05, 3.63) is 30.2 Å². The highest BCUT2D eigenvalue weighted by Crippen LogP contribution is 2.27. The second-order valence-corrected chi connectivity index (χ2v) is 5.83. The van der Waals surface area contributed by atoms with E-state index in [1.54, 1.807) is 6.07 Å². The van der Waals surface area contributed by atoms with Gasteiger partial charge in [0.05, 0.1) is 5.56 Å². The molecule has 0 spiro atoms. The van der Waals surface area contributed by atoms with Crippen molar-refractivity contribution in [2.75, 3.05) is 0 Å². The molecule has 2 rings (SSSR count). The molecule has 21 heavy (non-hydrogen) atoms. The van der Waals surface area contributed by atoms with Crippen molar-refractivity contribution < 1.29 is 17.6 Å². The van der Waals surface area contributed by atoms with E-state index >= 15 is 0 Å². The van der Waals surface area contributed by atoms with Gasteiger partial charge in [-0.15, -0.1) is 10.2 Å². The van der Waals surface area contributed by atoms with Crippen LogP contribution in [0.15, 0.2) is 38.0 Å². The smallest absolute Gasteiger partial charge is 0.293 e. The van der Waals surface area contributed by atoms with Crippen LogP contribution in [0.2, 0.25) is 0 Å². The first-order chi connectivity index (χ1) is 10.1. The van der Waals surface area contributed by atoms with Gasteiger partial charge in [-0.2, -0.15) is 8.42 Å². The van der Waals surface area contributed by atoms with E-state index in [9.17, 15) is 13.2 Å². The molecule has 2 aromatic rings. The van der Waals surface area contributed by atoms with E-state index in [1.807, 2.05) is 6.92 Å². The number of unbranched alkanes of at least 4 members (excludes halogenated alkanes) is 1. The molecule has 0 saturated carbocycles. The van der Waals surface area contributed by atoms with Gasteiger partial charge in [0.15, 0.2) is 0 Å². The summed E-state index contributed by atoms with van der Waals surface area (Å²) in [4.78, 5) is 10.1. The van der Waals surface area contributed by atoms with Crippen LogP contribution >= 0.6 is 0 Å². The highest BCUT2D eigenvalue weighted by Gasteiger charge is 2.21. The lowest BCUT2D eigenvalue weighted by Gasteiger charge is -2.02. The molecule has 0 aliphatic heterocycles. The number of aryl methyl sites for hydroxylation is 1. The minimum atomic E-state index is -4.12. The number of nitrogens with zero attached hydrogens (tertiary/aromatic N) is 3. The molecule has 0 amide bonds. The molecule has 0 aliphatic carbocycles. The highest BCUT2D eigenvalue weighted by atomic mass is 32.2. The minimum Gasteiger partial charge on any atom is -0.421 e. The number of aromatic nitrogens is 2. The van der Waals surface area contributed by atoms with Crippen molar-refractivity contribution in [2.24, 2.45) is 4.40 Å². The van der Waals surface area contributed by atoms with Crippen molar-refractivity contribution in [1.82, 2.24) is 10.2 Å². The molecular weight excluding hydrogens is 294 g/mol. The van der Waals surface area contributed by atoms with Crippen LogP contribution in [-0.2, 0) is 21.2 Å². The molecular formula is C13H13N3O4S. The maximum Gasteiger partial charge on any atom is 0.293 e. The Balaban J connectivity index is 2.45. The van der Waals surface area contributed by atoms with Gasteiger partial charge in [-0.25, -0.2) is 4.79 Å². The summed E-state index contributed by atoms with van der Waals surface area (Å²) >= 11 is 0. The van der Waals surface area contributed by atoms with Crippen LogP contribution in [0.5, 0.6) is 0 Å². The number of carbonyl (C=O) groups excluding carboxylic acids is 1. The van der Waals surface area contributed by atoms with Crippen LogP contribution in [0.1, 0.15) is 25.7 Å². The predicted molar refractivity (Wildman–Crippen MR) is 73.7 cm³/mol. The van der Waals surface area contributed by atoms with Crippen LogP contribution in [0, 0.1) is 0 Å². The van der Waals surface area contributed by atoms with E-state index in [1.165, 1.54) is 18.2 Å². The fourth-order valence-electron chi connectivity index (χ4n) is 1.76. The van der Waals surface area contributed by atoms with Gasteiger partial charge >= 0.3 is 0 Å². The van der Waals surface area contributed by atoms with E-state index in [-0.39, 0.29) is 16.3 Å². The Morgan fingerprint density at radius 1 is 1.29 bits per heavy atom. The molecule has 1 aromatic heterocycles. The van der Waals surface area contributed by atoms with E-state index in [4.69, 9.17) is 4.42 Å². The SMILES string of the molecule is CCCCc1nnc(-c2ccccc2S(=O)(=O)N=C=O)o1. The summed E-state index contributed by atoms with van der Waals surface area (Å²) in [5.74, 6) is 0.527. The third-order valence-corrected chi connectivity index (χ3v) is 3.99. The second-order valence-electron chi connectivity index (χ2n) is 4.26. The molecule has 0 atom stereocenters. The molecule has 0 radical (unpaired) electrons. The van der Waals surface area contributed by atoms with Gasteiger partial charge in [-0.3, -0.25) is 0 Å². The van der Waals surface area contributed by atoms with Gasteiger partial charge in [0.2, 0.25) is 11.8 Å². The van der Waals surface area contributed by atoms with Crippen molar-refractivity contribution in [1.29, 1.82) is 0 Å². The first kappa shape index (κ1) is 15.1. The average molecular weight is 307 g/mol. The topological polar surface area (TPSA) is 102 Å². The molecule has 110 valence electrons. The van der Waals surface area contributed by atoms with Crippen LogP contribution in [0.4, 0.5) is 0 Å². The molecule has 0 bridgehead atoms. The van der Waals surface area contributed by atoms with E-state index < -0.39 is 10.0 Å². The number of benzene rings is 1. The molecule has 0 aliphatic rings. The number of hydrogen-bond acceptors (Lipinski definition) is 6. The minimum absolute atomic E-state index is 0.0846. The van der Waals surface area contributed by atoms with Gasteiger partial charge in [0, 0.05) is 6.42 Å². The monoisotopic (exact) mass is 307 g/mol. The standard InChI is InChI=1S/C13H13N3O4S/c1-2-3-8-12-15-16-13(20-12)10-6-4-5-7-11(10)21(18,19)14-9-17/h4-7H,2-3,8H2,1H3. The molecule has 0 saturated heterocycles. The Bertz CT molecular complexity index is 776. The van der Waals surface area contributed by atoms with Gasteiger partial charge < -0.3 is 4.42 Å². The molecule has 0 N–H and O–H groups in total. The Morgan fingerprint density at radius 3 is 2.76 bits per heavy atom. The normalized spacial score (nSPS) is 11.1. The lowest BCUT2D eigenvalue weighted by Crippen LogP contribution is -1.99. The number of hydrogen-bond donors (Lipinski definition) is 0. The fourth-order valence-corrected chi connectivity index (χ4v) is 2.64. The van der Waals surface area contributed by atoms with Gasteiger partial charge in [0.25, 0.3) is 16.1 Å². The summed E-state index contributed by atoms with van der Waals surface area (Å²) in [6.07, 6.45) is 3.55. The number of sulfonamides is 1. The van der Waals surface area contributed by atoms with E-state index in [2.05, 4.69) is 14.6 Å². The summed E-state index contributed by atoms with van der Waals surface area (Å²) in [7, 11) is -4.12. The largest absolute Gasteiger partial charge is 0.421 e. The first-order valence-corrected chi connectivity index (χ1v) is 7.78. The van der Waals surface area contributed by atoms with E-state index in [0.717, 1.165) is 18.9 Å². The Hall–Kier alpha value is -2.31. The molecule has 7 nitrogen and oxygen atoms in total. The zero-order valence-electron chi connectivity index (χ0n) is 11.3. The lowest BCUT2D eigenvalue weighted by atomic mass is 10.2. The Morgan fingerprint density at radius 2 is 2.05 bits per heavy atom. The van der Waals surface area contributed by atoms with Gasteiger partial charge in [0.1, 0.15) is 4.90 Å². The fraction of sp³-hybridized carbons (Fsp3) is 0.308. The van der Waals surface area contributed by atoms with Gasteiger partial charge in [-0.05, 0) is 18.6 Å². The summed E-state index contributed by atoms with van der Waals surface area (Å²) in [5, 5.41) is 7.73. The molecule has 1 aromatic carbocycles. The summed E-state index contributed by atoms with van der Waals surface area (Å²) in [6.45, 7) is 2.04. The maximum atomic E-state index is 11.9. The van der Waals surface area contributed by atoms with Crippen molar-refractivity contribution >= 4 is 16.1 Å². The summed E-state index contributed by atoms with van der Waals surface area (Å²) < 4.78 is 32.1. The zero-order chi connectivity index (χ0) is 15.3. The van der Waals surface area contributed by atoms with Crippen molar-refractivity contribution in [3.8, 4) is 11.5 Å². The van der Waals surface area contributed by atoms with Gasteiger partial charge in [-0.1, -0.05) is 29.9 Å².